The van der Waals surface area contributed by atoms with Gasteiger partial charge < -0.3 is 0 Å². The molecule has 20 heavy (non-hydrogen) atoms. The summed E-state index contributed by atoms with van der Waals surface area (Å²) in [6.07, 6.45) is 1.06. The molecule has 106 valence electrons. The van der Waals surface area contributed by atoms with Crippen LogP contribution in [-0.4, -0.2) is 15.6 Å². The minimum Gasteiger partial charge on any atom is -0.294 e. The van der Waals surface area contributed by atoms with Crippen molar-refractivity contribution in [3.8, 4) is 0 Å². The summed E-state index contributed by atoms with van der Waals surface area (Å²) < 4.78 is 2.62. The summed E-state index contributed by atoms with van der Waals surface area (Å²) in [7, 11) is 1.83. The first-order valence-corrected chi connectivity index (χ1v) is 7.66. The zero-order valence-electron chi connectivity index (χ0n) is 11.1. The van der Waals surface area contributed by atoms with E-state index < -0.39 is 0 Å². The Balaban J connectivity index is 2.30. The van der Waals surface area contributed by atoms with Crippen molar-refractivity contribution in [1.29, 1.82) is 0 Å². The van der Waals surface area contributed by atoms with Crippen molar-refractivity contribution in [2.24, 2.45) is 7.05 Å². The van der Waals surface area contributed by atoms with E-state index in [4.69, 9.17) is 23.2 Å². The molecule has 0 N–H and O–H groups in total. The molecule has 0 atom stereocenters. The third-order valence-corrected chi connectivity index (χ3v) is 4.37. The average molecular weight is 376 g/mol. The lowest BCUT2D eigenvalue weighted by molar-refractivity contribution is 0.0990. The van der Waals surface area contributed by atoms with E-state index >= 15 is 0 Å². The monoisotopic (exact) mass is 374 g/mol. The molecular weight excluding hydrogens is 363 g/mol. The molecule has 0 aliphatic heterocycles. The van der Waals surface area contributed by atoms with Crippen molar-refractivity contribution in [2.75, 3.05) is 0 Å². The molecule has 0 bridgehead atoms. The number of nitrogens with zero attached hydrogens (tertiary/aromatic N) is 2. The maximum Gasteiger partial charge on any atom is 0.168 e. The highest BCUT2D eigenvalue weighted by molar-refractivity contribution is 9.10. The number of ketones is 1. The van der Waals surface area contributed by atoms with Gasteiger partial charge in [-0.25, -0.2) is 0 Å². The Bertz CT molecular complexity index is 647. The third kappa shape index (κ3) is 3.25. The summed E-state index contributed by atoms with van der Waals surface area (Å²) >= 11 is 15.4. The van der Waals surface area contributed by atoms with Gasteiger partial charge in [-0.15, -0.1) is 0 Å². The average Bonchev–Trinajstić information content (AvgIpc) is 2.65. The van der Waals surface area contributed by atoms with Crippen molar-refractivity contribution in [2.45, 2.75) is 19.8 Å². The number of aryl methyl sites for hydroxylation is 2. The fourth-order valence-corrected chi connectivity index (χ4v) is 3.26. The van der Waals surface area contributed by atoms with E-state index in [1.54, 1.807) is 22.9 Å². The molecule has 2 aromatic rings. The van der Waals surface area contributed by atoms with Gasteiger partial charge in [0.15, 0.2) is 5.78 Å². The quantitative estimate of drug-likeness (QED) is 0.738. The smallest absolute Gasteiger partial charge is 0.168 e. The second-order valence-corrected chi connectivity index (χ2v) is 6.11. The van der Waals surface area contributed by atoms with E-state index in [0.29, 0.717) is 15.6 Å². The second-order valence-electron chi connectivity index (χ2n) is 4.44. The van der Waals surface area contributed by atoms with Crippen LogP contribution in [0.5, 0.6) is 0 Å². The van der Waals surface area contributed by atoms with Crippen LogP contribution in [0.3, 0.4) is 0 Å². The van der Waals surface area contributed by atoms with Gasteiger partial charge >= 0.3 is 0 Å². The summed E-state index contributed by atoms with van der Waals surface area (Å²) in [5.41, 5.74) is 2.30. The van der Waals surface area contributed by atoms with E-state index in [2.05, 4.69) is 21.0 Å². The fraction of sp³-hybridized carbons (Fsp3) is 0.286. The third-order valence-electron chi connectivity index (χ3n) is 3.02. The molecule has 1 heterocycles. The molecule has 0 unspecified atom stereocenters. The largest absolute Gasteiger partial charge is 0.294 e. The Morgan fingerprint density at radius 1 is 1.30 bits per heavy atom. The molecule has 0 saturated heterocycles. The predicted octanol–water partition coefficient (Wildman–Crippen LogP) is 4.48. The van der Waals surface area contributed by atoms with Crippen LogP contribution in [0.4, 0.5) is 0 Å². The lowest BCUT2D eigenvalue weighted by Crippen LogP contribution is -2.08. The number of carbonyl (C=O) groups is 1. The molecular formula is C14H13BrCl2N2O. The summed E-state index contributed by atoms with van der Waals surface area (Å²) in [4.78, 5) is 12.3. The van der Waals surface area contributed by atoms with E-state index in [0.717, 1.165) is 22.3 Å². The van der Waals surface area contributed by atoms with Crippen LogP contribution in [0.2, 0.25) is 10.0 Å². The van der Waals surface area contributed by atoms with Crippen molar-refractivity contribution < 1.29 is 4.79 Å². The summed E-state index contributed by atoms with van der Waals surface area (Å²) in [5, 5.41) is 5.29. The van der Waals surface area contributed by atoms with E-state index in [1.807, 2.05) is 14.0 Å². The number of hydrogen-bond donors (Lipinski definition) is 0. The molecule has 6 heteroatoms. The maximum absolute atomic E-state index is 12.3. The molecule has 0 fully saturated rings. The predicted molar refractivity (Wildman–Crippen MR) is 84.8 cm³/mol. The van der Waals surface area contributed by atoms with Crippen LogP contribution < -0.4 is 0 Å². The molecule has 2 rings (SSSR count). The van der Waals surface area contributed by atoms with Crippen molar-refractivity contribution in [3.05, 3.63) is 49.7 Å². The second kappa shape index (κ2) is 6.29. The first kappa shape index (κ1) is 15.5. The molecule has 3 nitrogen and oxygen atoms in total. The molecule has 0 aliphatic rings. The molecule has 1 aromatic heterocycles. The van der Waals surface area contributed by atoms with Gasteiger partial charge in [0.25, 0.3) is 0 Å². The van der Waals surface area contributed by atoms with Crippen LogP contribution in [0.15, 0.2) is 22.7 Å². The number of hydrogen-bond acceptors (Lipinski definition) is 2. The van der Waals surface area contributed by atoms with Gasteiger partial charge in [-0.3, -0.25) is 9.48 Å². The minimum atomic E-state index is -0.0410. The summed E-state index contributed by atoms with van der Waals surface area (Å²) in [6, 6.07) is 4.86. The van der Waals surface area contributed by atoms with Crippen LogP contribution in [0.1, 0.15) is 28.7 Å². The van der Waals surface area contributed by atoms with Gasteiger partial charge in [0.1, 0.15) is 0 Å². The van der Waals surface area contributed by atoms with Gasteiger partial charge in [0.05, 0.1) is 22.3 Å². The molecule has 0 aliphatic carbocycles. The Labute approximate surface area is 136 Å². The Kier molecular flexibility index (Phi) is 4.89. The number of carbonyl (C=O) groups excluding carboxylic acids is 1. The Hall–Kier alpha value is -0.840. The highest BCUT2D eigenvalue weighted by atomic mass is 79.9. The van der Waals surface area contributed by atoms with Gasteiger partial charge in [-0.05, 0) is 40.5 Å². The minimum absolute atomic E-state index is 0.0410. The van der Waals surface area contributed by atoms with Crippen molar-refractivity contribution in [3.63, 3.8) is 0 Å². The van der Waals surface area contributed by atoms with Gasteiger partial charge in [0, 0.05) is 22.7 Å². The lowest BCUT2D eigenvalue weighted by atomic mass is 10.1. The van der Waals surface area contributed by atoms with Crippen LogP contribution in [0, 0.1) is 0 Å². The zero-order valence-corrected chi connectivity index (χ0v) is 14.2. The van der Waals surface area contributed by atoms with Gasteiger partial charge in [0.2, 0.25) is 0 Å². The normalized spacial score (nSPS) is 10.8. The van der Waals surface area contributed by atoms with Gasteiger partial charge in [-0.1, -0.05) is 30.1 Å². The van der Waals surface area contributed by atoms with E-state index in [9.17, 15) is 4.79 Å². The van der Waals surface area contributed by atoms with E-state index in [1.165, 1.54) is 0 Å². The van der Waals surface area contributed by atoms with Crippen molar-refractivity contribution in [1.82, 2.24) is 9.78 Å². The first-order chi connectivity index (χ1) is 9.42. The standard InChI is InChI=1S/C14H13BrCl2N2O/c1-3-11-14(15)12(19(2)18-11)7-13(20)8-4-9(16)6-10(17)5-8/h4-6H,3,7H2,1-2H3. The number of aromatic nitrogens is 2. The maximum atomic E-state index is 12.3. The molecule has 0 spiro atoms. The lowest BCUT2D eigenvalue weighted by Gasteiger charge is -2.04. The topological polar surface area (TPSA) is 34.9 Å². The zero-order chi connectivity index (χ0) is 14.9. The highest BCUT2D eigenvalue weighted by Crippen LogP contribution is 2.24. The number of rotatable bonds is 4. The number of benzene rings is 1. The SMILES string of the molecule is CCc1nn(C)c(CC(=O)c2cc(Cl)cc(Cl)c2)c1Br. The molecule has 0 amide bonds. The Morgan fingerprint density at radius 2 is 1.90 bits per heavy atom. The van der Waals surface area contributed by atoms with Crippen LogP contribution >= 0.6 is 39.1 Å². The first-order valence-electron chi connectivity index (χ1n) is 6.12. The highest BCUT2D eigenvalue weighted by Gasteiger charge is 2.17. The molecule has 0 radical (unpaired) electrons. The van der Waals surface area contributed by atoms with Gasteiger partial charge in [-0.2, -0.15) is 5.10 Å². The number of halogens is 3. The van der Waals surface area contributed by atoms with Crippen LogP contribution in [0.25, 0.3) is 0 Å². The van der Waals surface area contributed by atoms with Crippen LogP contribution in [-0.2, 0) is 19.9 Å². The molecule has 1 aromatic carbocycles. The van der Waals surface area contributed by atoms with E-state index in [-0.39, 0.29) is 12.2 Å². The van der Waals surface area contributed by atoms with Crippen molar-refractivity contribution >= 4 is 44.9 Å². The fourth-order valence-electron chi connectivity index (χ4n) is 1.98. The number of Topliss-reactive ketones (excluding diaryl/α,β-unsaturated/α-hetero) is 1. The summed E-state index contributed by atoms with van der Waals surface area (Å²) in [6.45, 7) is 2.02. The Morgan fingerprint density at radius 3 is 2.40 bits per heavy atom. The summed E-state index contributed by atoms with van der Waals surface area (Å²) in [5.74, 6) is -0.0410. The molecule has 0 saturated carbocycles.